The van der Waals surface area contributed by atoms with Crippen LogP contribution >= 0.6 is 0 Å². The number of carbonyl (C=O) groups is 2. The van der Waals surface area contributed by atoms with Gasteiger partial charge in [0.2, 0.25) is 5.91 Å². The molecule has 1 fully saturated rings. The molecule has 0 saturated carbocycles. The first-order chi connectivity index (χ1) is 11.7. The fourth-order valence-electron chi connectivity index (χ4n) is 3.36. The van der Waals surface area contributed by atoms with Gasteiger partial charge in [-0.3, -0.25) is 4.79 Å². The van der Waals surface area contributed by atoms with Crippen LogP contribution in [0.3, 0.4) is 0 Å². The highest BCUT2D eigenvalue weighted by Gasteiger charge is 2.20. The zero-order valence-corrected chi connectivity index (χ0v) is 14.0. The summed E-state index contributed by atoms with van der Waals surface area (Å²) < 4.78 is 0. The lowest BCUT2D eigenvalue weighted by atomic mass is 10.00. The van der Waals surface area contributed by atoms with Crippen LogP contribution in [-0.2, 0) is 17.8 Å². The molecule has 3 N–H and O–H groups in total. The van der Waals surface area contributed by atoms with Crippen molar-refractivity contribution in [3.8, 4) is 0 Å². The minimum absolute atomic E-state index is 0.0388. The molecule has 0 spiro atoms. The van der Waals surface area contributed by atoms with Gasteiger partial charge in [-0.25, -0.2) is 4.79 Å². The van der Waals surface area contributed by atoms with E-state index in [4.69, 9.17) is 0 Å². The monoisotopic (exact) mass is 330 g/mol. The van der Waals surface area contributed by atoms with Gasteiger partial charge in [0.05, 0.1) is 6.54 Å². The van der Waals surface area contributed by atoms with Crippen molar-refractivity contribution in [1.29, 1.82) is 0 Å². The largest absolute Gasteiger partial charge is 0.354 e. The molecule has 0 aromatic heterocycles. The van der Waals surface area contributed by atoms with Crippen LogP contribution in [0.25, 0.3) is 0 Å². The van der Waals surface area contributed by atoms with Crippen LogP contribution in [-0.4, -0.2) is 49.6 Å². The number of urea groups is 1. The summed E-state index contributed by atoms with van der Waals surface area (Å²) in [6.45, 7) is 4.05. The quantitative estimate of drug-likeness (QED) is 0.767. The Bertz CT molecular complexity index is 584. The number of nitrogens with zero attached hydrogens (tertiary/aromatic N) is 1. The molecule has 2 heterocycles. The van der Waals surface area contributed by atoms with Gasteiger partial charge in [-0.15, -0.1) is 0 Å². The Morgan fingerprint density at radius 2 is 2.04 bits per heavy atom. The summed E-state index contributed by atoms with van der Waals surface area (Å²) in [5.74, 6) is 0.378. The number of hydrogen-bond donors (Lipinski definition) is 3. The lowest BCUT2D eigenvalue weighted by Gasteiger charge is -2.29. The maximum Gasteiger partial charge on any atom is 0.318 e. The molecule has 1 saturated heterocycles. The van der Waals surface area contributed by atoms with E-state index >= 15 is 0 Å². The number of amides is 3. The van der Waals surface area contributed by atoms with Gasteiger partial charge >= 0.3 is 6.03 Å². The van der Waals surface area contributed by atoms with Gasteiger partial charge in [0.25, 0.3) is 0 Å². The Kier molecular flexibility index (Phi) is 5.69. The molecule has 6 nitrogen and oxygen atoms in total. The van der Waals surface area contributed by atoms with Gasteiger partial charge in [0.15, 0.2) is 0 Å². The molecular weight excluding hydrogens is 304 g/mol. The number of fused-ring (bicyclic) bond motifs is 1. The second-order valence-electron chi connectivity index (χ2n) is 6.62. The van der Waals surface area contributed by atoms with Crippen LogP contribution in [0.15, 0.2) is 24.3 Å². The molecule has 3 amide bonds. The molecule has 0 aliphatic carbocycles. The molecule has 6 heteroatoms. The Morgan fingerprint density at radius 3 is 2.83 bits per heavy atom. The molecule has 2 aliphatic rings. The van der Waals surface area contributed by atoms with E-state index in [1.807, 2.05) is 12.1 Å². The van der Waals surface area contributed by atoms with Gasteiger partial charge in [0.1, 0.15) is 0 Å². The molecule has 1 aromatic carbocycles. The summed E-state index contributed by atoms with van der Waals surface area (Å²) in [6.07, 6.45) is 3.17. The lowest BCUT2D eigenvalue weighted by Crippen LogP contribution is -2.47. The minimum atomic E-state index is -0.168. The van der Waals surface area contributed by atoms with Gasteiger partial charge in [0, 0.05) is 19.6 Å². The maximum absolute atomic E-state index is 12.2. The highest BCUT2D eigenvalue weighted by molar-refractivity contribution is 5.84. The van der Waals surface area contributed by atoms with E-state index in [1.54, 1.807) is 4.90 Å². The summed E-state index contributed by atoms with van der Waals surface area (Å²) in [5.41, 5.74) is 2.49. The number of piperidine rings is 1. The third-order valence-corrected chi connectivity index (χ3v) is 4.80. The van der Waals surface area contributed by atoms with Gasteiger partial charge in [-0.1, -0.05) is 24.3 Å². The first-order valence-electron chi connectivity index (χ1n) is 8.79. The molecule has 0 radical (unpaired) electrons. The normalized spacial score (nSPS) is 20.2. The van der Waals surface area contributed by atoms with Crippen LogP contribution in [0.4, 0.5) is 4.79 Å². The van der Waals surface area contributed by atoms with Crippen molar-refractivity contribution in [3.63, 3.8) is 0 Å². The van der Waals surface area contributed by atoms with E-state index in [9.17, 15) is 9.59 Å². The number of rotatable bonds is 4. The van der Waals surface area contributed by atoms with Crippen molar-refractivity contribution in [3.05, 3.63) is 35.4 Å². The number of hydrogen-bond acceptors (Lipinski definition) is 3. The highest BCUT2D eigenvalue weighted by Crippen LogP contribution is 2.18. The average molecular weight is 330 g/mol. The SMILES string of the molecule is O=C(CNC(=O)N1CCc2ccccc2C1)NCC1CCCNC1. The summed E-state index contributed by atoms with van der Waals surface area (Å²) >= 11 is 0. The third-order valence-electron chi connectivity index (χ3n) is 4.80. The van der Waals surface area contributed by atoms with Crippen LogP contribution in [0, 0.1) is 5.92 Å². The zero-order valence-electron chi connectivity index (χ0n) is 14.0. The second-order valence-corrected chi connectivity index (χ2v) is 6.62. The standard InChI is InChI=1S/C18H26N4O2/c23-17(20-11-14-4-3-8-19-10-14)12-21-18(24)22-9-7-15-5-1-2-6-16(15)13-22/h1-2,5-6,14,19H,3-4,7-13H2,(H,20,23)(H,21,24). The van der Waals surface area contributed by atoms with E-state index in [1.165, 1.54) is 11.1 Å². The molecule has 24 heavy (non-hydrogen) atoms. The first-order valence-corrected chi connectivity index (χ1v) is 8.79. The smallest absolute Gasteiger partial charge is 0.318 e. The molecule has 3 rings (SSSR count). The fraction of sp³-hybridized carbons (Fsp3) is 0.556. The van der Waals surface area contributed by atoms with E-state index in [0.717, 1.165) is 32.4 Å². The number of carbonyl (C=O) groups excluding carboxylic acids is 2. The van der Waals surface area contributed by atoms with Crippen LogP contribution in [0.2, 0.25) is 0 Å². The van der Waals surface area contributed by atoms with Crippen LogP contribution < -0.4 is 16.0 Å². The molecule has 1 unspecified atom stereocenters. The molecule has 2 aliphatic heterocycles. The Morgan fingerprint density at radius 1 is 1.21 bits per heavy atom. The molecule has 1 aromatic rings. The van der Waals surface area contributed by atoms with Crippen molar-refractivity contribution < 1.29 is 9.59 Å². The Labute approximate surface area is 143 Å². The number of nitrogens with one attached hydrogen (secondary N) is 3. The van der Waals surface area contributed by atoms with Crippen molar-refractivity contribution in [2.75, 3.05) is 32.7 Å². The van der Waals surface area contributed by atoms with Crippen molar-refractivity contribution in [1.82, 2.24) is 20.9 Å². The Hall–Kier alpha value is -2.08. The van der Waals surface area contributed by atoms with E-state index in [2.05, 4.69) is 28.1 Å². The summed E-state index contributed by atoms with van der Waals surface area (Å²) in [4.78, 5) is 25.9. The van der Waals surface area contributed by atoms with Crippen molar-refractivity contribution in [2.45, 2.75) is 25.8 Å². The molecule has 1 atom stereocenters. The summed E-state index contributed by atoms with van der Waals surface area (Å²) in [5, 5.41) is 8.98. The predicted octanol–water partition coefficient (Wildman–Crippen LogP) is 0.870. The van der Waals surface area contributed by atoms with Crippen LogP contribution in [0.1, 0.15) is 24.0 Å². The van der Waals surface area contributed by atoms with Crippen molar-refractivity contribution in [2.24, 2.45) is 5.92 Å². The van der Waals surface area contributed by atoms with E-state index in [0.29, 0.717) is 25.6 Å². The van der Waals surface area contributed by atoms with Crippen LogP contribution in [0.5, 0.6) is 0 Å². The third kappa shape index (κ3) is 4.47. The number of benzene rings is 1. The second kappa shape index (κ2) is 8.15. The first kappa shape index (κ1) is 16.8. The predicted molar refractivity (Wildman–Crippen MR) is 92.6 cm³/mol. The topological polar surface area (TPSA) is 73.5 Å². The summed E-state index contributed by atoms with van der Waals surface area (Å²) in [6, 6.07) is 8.02. The average Bonchev–Trinajstić information content (AvgIpc) is 2.65. The van der Waals surface area contributed by atoms with Crippen molar-refractivity contribution >= 4 is 11.9 Å². The zero-order chi connectivity index (χ0) is 16.8. The van der Waals surface area contributed by atoms with E-state index in [-0.39, 0.29) is 18.5 Å². The van der Waals surface area contributed by atoms with Gasteiger partial charge < -0.3 is 20.9 Å². The van der Waals surface area contributed by atoms with E-state index < -0.39 is 0 Å². The molecule has 0 bridgehead atoms. The maximum atomic E-state index is 12.2. The fourth-order valence-corrected chi connectivity index (χ4v) is 3.36. The van der Waals surface area contributed by atoms with Gasteiger partial charge in [-0.2, -0.15) is 0 Å². The Balaban J connectivity index is 1.38. The minimum Gasteiger partial charge on any atom is -0.354 e. The lowest BCUT2D eigenvalue weighted by molar-refractivity contribution is -0.120. The highest BCUT2D eigenvalue weighted by atomic mass is 16.2. The molecule has 130 valence electrons. The van der Waals surface area contributed by atoms with Gasteiger partial charge in [-0.05, 0) is 49.4 Å². The summed E-state index contributed by atoms with van der Waals surface area (Å²) in [7, 11) is 0. The molecular formula is C18H26N4O2.